The van der Waals surface area contributed by atoms with Crippen molar-refractivity contribution in [2.45, 2.75) is 6.92 Å². The number of benzene rings is 4. The fourth-order valence-electron chi connectivity index (χ4n) is 3.91. The maximum atomic E-state index is 12.5. The third-order valence-corrected chi connectivity index (χ3v) is 5.79. The topological polar surface area (TPSA) is 146 Å². The number of hydrogen-bond acceptors (Lipinski definition) is 8. The van der Waals surface area contributed by atoms with E-state index in [-0.39, 0.29) is 23.6 Å². The third kappa shape index (κ3) is 6.84. The molecule has 11 heteroatoms. The maximum Gasteiger partial charge on any atom is 0.338 e. The van der Waals surface area contributed by atoms with Crippen molar-refractivity contribution >= 4 is 29.3 Å². The Bertz CT molecular complexity index is 1600. The summed E-state index contributed by atoms with van der Waals surface area (Å²) in [6.07, 6.45) is 0. The van der Waals surface area contributed by atoms with E-state index >= 15 is 0 Å². The highest BCUT2D eigenvalue weighted by Crippen LogP contribution is 2.39. The zero-order valence-corrected chi connectivity index (χ0v) is 22.1. The van der Waals surface area contributed by atoms with Gasteiger partial charge in [-0.25, -0.2) is 9.59 Å². The number of carbonyl (C=O) groups excluding carboxylic acids is 3. The molecule has 0 aliphatic heterocycles. The minimum absolute atomic E-state index is 0.244. The van der Waals surface area contributed by atoms with Crippen LogP contribution >= 0.6 is 0 Å². The molecule has 0 fully saturated rings. The molecule has 0 bridgehead atoms. The number of nitrogens with one attached hydrogen (secondary N) is 2. The summed E-state index contributed by atoms with van der Waals surface area (Å²) in [6, 6.07) is 23.3. The molecule has 4 aromatic carbocycles. The molecule has 4 rings (SSSR count). The van der Waals surface area contributed by atoms with Gasteiger partial charge in [0, 0.05) is 23.4 Å². The number of urea groups is 1. The van der Waals surface area contributed by atoms with Crippen LogP contribution in [-0.4, -0.2) is 36.5 Å². The zero-order valence-electron chi connectivity index (χ0n) is 22.1. The molecular formula is C30H25N3O8. The Hall–Kier alpha value is -5.71. The van der Waals surface area contributed by atoms with Gasteiger partial charge in [-0.1, -0.05) is 42.5 Å². The van der Waals surface area contributed by atoms with Crippen LogP contribution in [0.5, 0.6) is 17.2 Å². The second-order valence-electron chi connectivity index (χ2n) is 8.45. The Morgan fingerprint density at radius 2 is 1.56 bits per heavy atom. The van der Waals surface area contributed by atoms with Crippen LogP contribution in [0.1, 0.15) is 27.6 Å². The number of nitro groups is 1. The smallest absolute Gasteiger partial charge is 0.338 e. The van der Waals surface area contributed by atoms with Crippen LogP contribution in [0.4, 0.5) is 16.2 Å². The summed E-state index contributed by atoms with van der Waals surface area (Å²) in [4.78, 5) is 47.7. The lowest BCUT2D eigenvalue weighted by molar-refractivity contribution is -0.385. The first-order valence-corrected chi connectivity index (χ1v) is 12.4. The molecule has 0 radical (unpaired) electrons. The molecule has 2 N–H and O–H groups in total. The molecule has 0 aromatic heterocycles. The largest absolute Gasteiger partial charge is 0.493 e. The molecule has 3 amide bonds. The number of rotatable bonds is 9. The van der Waals surface area contributed by atoms with Gasteiger partial charge in [-0.15, -0.1) is 0 Å². The Morgan fingerprint density at radius 1 is 0.854 bits per heavy atom. The van der Waals surface area contributed by atoms with E-state index in [2.05, 4.69) is 10.6 Å². The van der Waals surface area contributed by atoms with Crippen LogP contribution in [-0.2, 0) is 4.74 Å². The second kappa shape index (κ2) is 12.9. The minimum atomic E-state index is -0.929. The number of methoxy groups -OCH3 is 1. The summed E-state index contributed by atoms with van der Waals surface area (Å²) < 4.78 is 16.8. The summed E-state index contributed by atoms with van der Waals surface area (Å²) in [7, 11) is 1.42. The summed E-state index contributed by atoms with van der Waals surface area (Å²) in [6.45, 7) is 1.98. The number of hydrogen-bond donors (Lipinski definition) is 2. The highest BCUT2D eigenvalue weighted by atomic mass is 16.6. The molecule has 0 aliphatic carbocycles. The lowest BCUT2D eigenvalue weighted by atomic mass is 10.0. The van der Waals surface area contributed by atoms with E-state index in [1.54, 1.807) is 31.2 Å². The van der Waals surface area contributed by atoms with Crippen LogP contribution in [0.3, 0.4) is 0 Å². The van der Waals surface area contributed by atoms with Crippen LogP contribution in [0.2, 0.25) is 0 Å². The van der Waals surface area contributed by atoms with Crippen molar-refractivity contribution in [2.24, 2.45) is 0 Å². The van der Waals surface area contributed by atoms with Gasteiger partial charge in [0.25, 0.3) is 11.6 Å². The van der Waals surface area contributed by atoms with Crippen LogP contribution in [0.15, 0.2) is 91.0 Å². The zero-order chi connectivity index (χ0) is 29.4. The standard InChI is InChI=1S/C30H25N3O8/c1-3-40-29(35)20-13-15-25(23(17-20)19-9-5-4-6-10-19)41-26-16-14-21(18-27(26)39-2)31-30(36)32-28(34)22-11-7-8-12-24(22)33(37)38/h4-18H,3H2,1-2H3,(H2,31,32,34,36). The van der Waals surface area contributed by atoms with E-state index in [1.165, 1.54) is 43.5 Å². The van der Waals surface area contributed by atoms with Gasteiger partial charge in [0.05, 0.1) is 24.2 Å². The first-order valence-electron chi connectivity index (χ1n) is 12.4. The molecular weight excluding hydrogens is 530 g/mol. The van der Waals surface area contributed by atoms with Gasteiger partial charge in [-0.3, -0.25) is 20.2 Å². The number of amides is 3. The predicted molar refractivity (Wildman–Crippen MR) is 150 cm³/mol. The number of anilines is 1. The molecule has 0 atom stereocenters. The molecule has 4 aromatic rings. The summed E-state index contributed by atoms with van der Waals surface area (Å²) in [5.74, 6) is -0.364. The molecule has 0 unspecified atom stereocenters. The van der Waals surface area contributed by atoms with E-state index < -0.39 is 28.5 Å². The van der Waals surface area contributed by atoms with Crippen molar-refractivity contribution in [3.8, 4) is 28.4 Å². The van der Waals surface area contributed by atoms with Crippen molar-refractivity contribution < 1.29 is 33.5 Å². The highest BCUT2D eigenvalue weighted by Gasteiger charge is 2.21. The SMILES string of the molecule is CCOC(=O)c1ccc(Oc2ccc(NC(=O)NC(=O)c3ccccc3[N+](=O)[O-])cc2OC)c(-c2ccccc2)c1. The van der Waals surface area contributed by atoms with Crippen LogP contribution in [0.25, 0.3) is 11.1 Å². The molecule has 0 heterocycles. The molecule has 0 saturated heterocycles. The van der Waals surface area contributed by atoms with Gasteiger partial charge in [0.15, 0.2) is 11.5 Å². The van der Waals surface area contributed by atoms with Crippen molar-refractivity contribution in [3.63, 3.8) is 0 Å². The first kappa shape index (κ1) is 28.3. The van der Waals surface area contributed by atoms with Crippen LogP contribution in [0, 0.1) is 10.1 Å². The lowest BCUT2D eigenvalue weighted by Crippen LogP contribution is -2.34. The summed E-state index contributed by atoms with van der Waals surface area (Å²) in [5, 5.41) is 15.8. The monoisotopic (exact) mass is 555 g/mol. The van der Waals surface area contributed by atoms with E-state index in [0.717, 1.165) is 5.56 Å². The molecule has 41 heavy (non-hydrogen) atoms. The van der Waals surface area contributed by atoms with Gasteiger partial charge in [-0.2, -0.15) is 0 Å². The Balaban J connectivity index is 1.54. The summed E-state index contributed by atoms with van der Waals surface area (Å²) >= 11 is 0. The normalized spacial score (nSPS) is 10.3. The number of imide groups is 1. The molecule has 208 valence electrons. The van der Waals surface area contributed by atoms with Crippen molar-refractivity contribution in [1.29, 1.82) is 0 Å². The predicted octanol–water partition coefficient (Wildman–Crippen LogP) is 6.20. The quantitative estimate of drug-likeness (QED) is 0.141. The Labute approximate surface area is 234 Å². The van der Waals surface area contributed by atoms with Gasteiger partial charge < -0.3 is 19.5 Å². The average Bonchev–Trinajstić information content (AvgIpc) is 2.98. The number of para-hydroxylation sites is 1. The van der Waals surface area contributed by atoms with E-state index in [4.69, 9.17) is 14.2 Å². The van der Waals surface area contributed by atoms with Crippen molar-refractivity contribution in [1.82, 2.24) is 5.32 Å². The highest BCUT2D eigenvalue weighted by molar-refractivity contribution is 6.09. The lowest BCUT2D eigenvalue weighted by Gasteiger charge is -2.16. The van der Waals surface area contributed by atoms with E-state index in [1.807, 2.05) is 30.3 Å². The number of nitrogens with zero attached hydrogens (tertiary/aromatic N) is 1. The minimum Gasteiger partial charge on any atom is -0.493 e. The molecule has 0 aliphatic rings. The molecule has 11 nitrogen and oxygen atoms in total. The van der Waals surface area contributed by atoms with E-state index in [0.29, 0.717) is 22.6 Å². The molecule has 0 spiro atoms. The van der Waals surface area contributed by atoms with Gasteiger partial charge in [-0.05, 0) is 48.9 Å². The summed E-state index contributed by atoms with van der Waals surface area (Å²) in [5.41, 5.74) is 1.41. The number of esters is 1. The number of nitro benzene ring substituents is 1. The van der Waals surface area contributed by atoms with Gasteiger partial charge in [0.1, 0.15) is 11.3 Å². The Kier molecular flexibility index (Phi) is 8.90. The number of ether oxygens (including phenoxy) is 3. The molecule has 0 saturated carbocycles. The first-order chi connectivity index (χ1) is 19.8. The van der Waals surface area contributed by atoms with Gasteiger partial charge >= 0.3 is 12.0 Å². The van der Waals surface area contributed by atoms with Crippen molar-refractivity contribution in [3.05, 3.63) is 112 Å². The Morgan fingerprint density at radius 3 is 2.27 bits per heavy atom. The van der Waals surface area contributed by atoms with Crippen molar-refractivity contribution in [2.75, 3.05) is 19.0 Å². The van der Waals surface area contributed by atoms with E-state index in [9.17, 15) is 24.5 Å². The maximum absolute atomic E-state index is 12.5. The average molecular weight is 556 g/mol. The fourth-order valence-corrected chi connectivity index (χ4v) is 3.91. The third-order valence-electron chi connectivity index (χ3n) is 5.79. The van der Waals surface area contributed by atoms with Crippen LogP contribution < -0.4 is 20.1 Å². The second-order valence-corrected chi connectivity index (χ2v) is 8.45. The van der Waals surface area contributed by atoms with Gasteiger partial charge in [0.2, 0.25) is 0 Å². The fraction of sp³-hybridized carbons (Fsp3) is 0.100. The number of carbonyl (C=O) groups is 3.